The van der Waals surface area contributed by atoms with Gasteiger partial charge < -0.3 is 20.2 Å². The minimum Gasteiger partial charge on any atom is -0.497 e. The first-order valence-electron chi connectivity index (χ1n) is 7.54. The highest BCUT2D eigenvalue weighted by molar-refractivity contribution is 5.85. The molecule has 3 N–H and O–H groups in total. The van der Waals surface area contributed by atoms with Crippen molar-refractivity contribution in [1.29, 1.82) is 5.26 Å². The highest BCUT2D eigenvalue weighted by Gasteiger charge is 2.32. The summed E-state index contributed by atoms with van der Waals surface area (Å²) in [5.41, 5.74) is 9.28. The van der Waals surface area contributed by atoms with Gasteiger partial charge >= 0.3 is 0 Å². The van der Waals surface area contributed by atoms with Gasteiger partial charge in [-0.25, -0.2) is 0 Å². The zero-order valence-corrected chi connectivity index (χ0v) is 13.0. The van der Waals surface area contributed by atoms with Gasteiger partial charge in [0, 0.05) is 22.7 Å². The quantitative estimate of drug-likeness (QED) is 0.758. The number of methoxy groups -OCH3 is 1. The molecule has 4 rings (SSSR count). The lowest BCUT2D eigenvalue weighted by molar-refractivity contribution is 0.386. The third kappa shape index (κ3) is 2.01. The van der Waals surface area contributed by atoms with Crippen LogP contribution in [0.3, 0.4) is 0 Å². The molecule has 24 heavy (non-hydrogen) atoms. The number of hydrogen-bond acceptors (Lipinski definition) is 4. The Balaban J connectivity index is 2.00. The summed E-state index contributed by atoms with van der Waals surface area (Å²) in [5, 5.41) is 10.7. The zero-order valence-electron chi connectivity index (χ0n) is 13.0. The standard InChI is InChI=1S/C19H15N3O2/c1-23-11-6-7-17-13(8-11)18(14(9-20)19(21)24-17)15-10-22-16-5-3-2-4-12(15)16/h2-8,10,18,22H,21H2,1H3/t18-/m0/s1. The lowest BCUT2D eigenvalue weighted by Gasteiger charge is -2.26. The predicted octanol–water partition coefficient (Wildman–Crippen LogP) is 3.39. The molecule has 2 heterocycles. The van der Waals surface area contributed by atoms with Crippen LogP contribution in [-0.4, -0.2) is 12.1 Å². The maximum absolute atomic E-state index is 9.65. The van der Waals surface area contributed by atoms with E-state index in [1.54, 1.807) is 7.11 Å². The van der Waals surface area contributed by atoms with Crippen LogP contribution in [0.5, 0.6) is 11.5 Å². The molecule has 0 radical (unpaired) electrons. The number of nitriles is 1. The van der Waals surface area contributed by atoms with Crippen molar-refractivity contribution < 1.29 is 9.47 Å². The van der Waals surface area contributed by atoms with Crippen molar-refractivity contribution in [2.24, 2.45) is 5.73 Å². The number of H-pyrrole nitrogens is 1. The number of hydrogen-bond donors (Lipinski definition) is 2. The molecule has 2 aromatic carbocycles. The van der Waals surface area contributed by atoms with E-state index in [-0.39, 0.29) is 11.8 Å². The lowest BCUT2D eigenvalue weighted by atomic mass is 9.83. The summed E-state index contributed by atoms with van der Waals surface area (Å²) in [6, 6.07) is 15.7. The molecule has 5 heteroatoms. The third-order valence-electron chi connectivity index (χ3n) is 4.35. The van der Waals surface area contributed by atoms with E-state index >= 15 is 0 Å². The molecule has 0 amide bonds. The maximum Gasteiger partial charge on any atom is 0.205 e. The van der Waals surface area contributed by atoms with Crippen LogP contribution in [0.4, 0.5) is 0 Å². The Kier molecular flexibility index (Phi) is 3.17. The number of nitrogens with two attached hydrogens (primary N) is 1. The fourth-order valence-corrected chi connectivity index (χ4v) is 3.22. The number of aromatic nitrogens is 1. The topological polar surface area (TPSA) is 84.1 Å². The van der Waals surface area contributed by atoms with Gasteiger partial charge in [0.15, 0.2) is 0 Å². The summed E-state index contributed by atoms with van der Waals surface area (Å²) in [4.78, 5) is 3.26. The van der Waals surface area contributed by atoms with Crippen LogP contribution in [0.15, 0.2) is 60.1 Å². The Morgan fingerprint density at radius 2 is 2.04 bits per heavy atom. The Bertz CT molecular complexity index is 1010. The summed E-state index contributed by atoms with van der Waals surface area (Å²) >= 11 is 0. The average Bonchev–Trinajstić information content (AvgIpc) is 3.04. The van der Waals surface area contributed by atoms with Crippen LogP contribution in [0.2, 0.25) is 0 Å². The number of fused-ring (bicyclic) bond motifs is 2. The maximum atomic E-state index is 9.65. The van der Waals surface area contributed by atoms with Crippen LogP contribution < -0.4 is 15.2 Å². The molecule has 3 aromatic rings. The molecule has 5 nitrogen and oxygen atoms in total. The smallest absolute Gasteiger partial charge is 0.205 e. The van der Waals surface area contributed by atoms with Gasteiger partial charge in [-0.1, -0.05) is 18.2 Å². The van der Waals surface area contributed by atoms with Crippen LogP contribution in [0.25, 0.3) is 10.9 Å². The molecule has 1 aliphatic heterocycles. The molecule has 0 saturated heterocycles. The molecular weight excluding hydrogens is 302 g/mol. The molecule has 0 bridgehead atoms. The first-order valence-corrected chi connectivity index (χ1v) is 7.54. The Hall–Kier alpha value is -3.39. The number of nitrogens with one attached hydrogen (secondary N) is 1. The molecule has 1 aromatic heterocycles. The third-order valence-corrected chi connectivity index (χ3v) is 4.35. The first-order chi connectivity index (χ1) is 11.7. The number of para-hydroxylation sites is 1. The van der Waals surface area contributed by atoms with E-state index in [0.29, 0.717) is 17.1 Å². The molecule has 1 atom stereocenters. The lowest BCUT2D eigenvalue weighted by Crippen LogP contribution is -2.21. The molecule has 0 saturated carbocycles. The van der Waals surface area contributed by atoms with Crippen molar-refractivity contribution in [3.63, 3.8) is 0 Å². The first kappa shape index (κ1) is 14.2. The molecule has 0 unspecified atom stereocenters. The molecule has 0 spiro atoms. The van der Waals surface area contributed by atoms with Crippen LogP contribution in [-0.2, 0) is 0 Å². The van der Waals surface area contributed by atoms with Crippen LogP contribution in [0, 0.1) is 11.3 Å². The number of allylic oxidation sites excluding steroid dienone is 1. The Morgan fingerprint density at radius 1 is 1.21 bits per heavy atom. The second-order valence-electron chi connectivity index (χ2n) is 5.62. The van der Waals surface area contributed by atoms with Gasteiger partial charge in [-0.15, -0.1) is 0 Å². The second kappa shape index (κ2) is 5.36. The van der Waals surface area contributed by atoms with Gasteiger partial charge in [0.1, 0.15) is 23.1 Å². The number of aromatic amines is 1. The summed E-state index contributed by atoms with van der Waals surface area (Å²) < 4.78 is 11.0. The minimum atomic E-state index is -0.301. The van der Waals surface area contributed by atoms with E-state index in [9.17, 15) is 5.26 Å². The van der Waals surface area contributed by atoms with E-state index in [1.165, 1.54) is 0 Å². The zero-order chi connectivity index (χ0) is 16.7. The molecule has 118 valence electrons. The van der Waals surface area contributed by atoms with E-state index in [0.717, 1.165) is 22.0 Å². The van der Waals surface area contributed by atoms with Crippen LogP contribution in [0.1, 0.15) is 17.0 Å². The summed E-state index contributed by atoms with van der Waals surface area (Å²) in [5.74, 6) is 1.19. The van der Waals surface area contributed by atoms with Crippen molar-refractivity contribution in [3.05, 3.63) is 71.2 Å². The van der Waals surface area contributed by atoms with E-state index < -0.39 is 0 Å². The molecule has 1 aliphatic rings. The van der Waals surface area contributed by atoms with Crippen molar-refractivity contribution in [3.8, 4) is 17.6 Å². The fourth-order valence-electron chi connectivity index (χ4n) is 3.22. The summed E-state index contributed by atoms with van der Waals surface area (Å²) in [6.07, 6.45) is 1.93. The molecule has 0 aliphatic carbocycles. The van der Waals surface area contributed by atoms with Crippen molar-refractivity contribution >= 4 is 10.9 Å². The monoisotopic (exact) mass is 317 g/mol. The van der Waals surface area contributed by atoms with Gasteiger partial charge in [-0.05, 0) is 29.8 Å². The molecule has 0 fully saturated rings. The Morgan fingerprint density at radius 3 is 2.83 bits per heavy atom. The Labute approximate surface area is 138 Å². The van der Waals surface area contributed by atoms with Gasteiger partial charge in [-0.2, -0.15) is 5.26 Å². The van der Waals surface area contributed by atoms with Gasteiger partial charge in [0.2, 0.25) is 5.88 Å². The van der Waals surface area contributed by atoms with E-state index in [1.807, 2.05) is 48.7 Å². The molecular formula is C19H15N3O2. The SMILES string of the molecule is COc1ccc2c(c1)[C@H](c1c[nH]c3ccccc13)C(C#N)=C(N)O2. The van der Waals surface area contributed by atoms with E-state index in [2.05, 4.69) is 11.1 Å². The largest absolute Gasteiger partial charge is 0.497 e. The van der Waals surface area contributed by atoms with Gasteiger partial charge in [-0.3, -0.25) is 0 Å². The summed E-state index contributed by atoms with van der Waals surface area (Å²) in [6.45, 7) is 0. The average molecular weight is 317 g/mol. The van der Waals surface area contributed by atoms with Gasteiger partial charge in [0.05, 0.1) is 13.0 Å². The highest BCUT2D eigenvalue weighted by Crippen LogP contribution is 2.45. The highest BCUT2D eigenvalue weighted by atomic mass is 16.5. The number of nitrogens with zero attached hydrogens (tertiary/aromatic N) is 1. The predicted molar refractivity (Wildman–Crippen MR) is 90.6 cm³/mol. The van der Waals surface area contributed by atoms with Gasteiger partial charge in [0.25, 0.3) is 0 Å². The van der Waals surface area contributed by atoms with E-state index in [4.69, 9.17) is 15.2 Å². The number of rotatable bonds is 2. The van der Waals surface area contributed by atoms with Crippen LogP contribution >= 0.6 is 0 Å². The normalized spacial score (nSPS) is 16.4. The number of benzene rings is 2. The minimum absolute atomic E-state index is 0.144. The van der Waals surface area contributed by atoms with Crippen molar-refractivity contribution in [2.75, 3.05) is 7.11 Å². The summed E-state index contributed by atoms with van der Waals surface area (Å²) in [7, 11) is 1.61. The van der Waals surface area contributed by atoms with Crippen molar-refractivity contribution in [1.82, 2.24) is 4.98 Å². The second-order valence-corrected chi connectivity index (χ2v) is 5.62. The number of ether oxygens (including phenoxy) is 2. The van der Waals surface area contributed by atoms with Crippen molar-refractivity contribution in [2.45, 2.75) is 5.92 Å². The fraction of sp³-hybridized carbons (Fsp3) is 0.105.